The van der Waals surface area contributed by atoms with Crippen molar-refractivity contribution in [1.29, 1.82) is 0 Å². The highest BCUT2D eigenvalue weighted by molar-refractivity contribution is 5.89. The van der Waals surface area contributed by atoms with Crippen molar-refractivity contribution in [1.82, 2.24) is 15.0 Å². The lowest BCUT2D eigenvalue weighted by atomic mass is 10.0. The third kappa shape index (κ3) is 7.77. The van der Waals surface area contributed by atoms with E-state index < -0.39 is 17.7 Å². The maximum absolute atomic E-state index is 12.9. The number of aromatic nitrogens is 1. The number of benzene rings is 1. The molecule has 0 atom stereocenters. The predicted octanol–water partition coefficient (Wildman–Crippen LogP) is 3.70. The molecule has 194 valence electrons. The molecule has 1 saturated heterocycles. The molecule has 3 rings (SSSR count). The van der Waals surface area contributed by atoms with Gasteiger partial charge in [0, 0.05) is 44.6 Å². The molecule has 1 aromatic heterocycles. The first kappa shape index (κ1) is 27.1. The van der Waals surface area contributed by atoms with Gasteiger partial charge in [-0.25, -0.2) is 14.8 Å². The van der Waals surface area contributed by atoms with E-state index in [1.165, 1.54) is 35.5 Å². The summed E-state index contributed by atoms with van der Waals surface area (Å²) in [5.74, 6) is -0.600. The van der Waals surface area contributed by atoms with Crippen LogP contribution in [0.25, 0.3) is 0 Å². The SMILES string of the molecule is CCOC(=O)c1ccnc(OCCN2C(=O)CCCN2CCC(=O)Cc2cccc(C(F)(F)F)c2)c1. The van der Waals surface area contributed by atoms with Crippen molar-refractivity contribution >= 4 is 17.7 Å². The van der Waals surface area contributed by atoms with E-state index in [0.29, 0.717) is 30.5 Å². The largest absolute Gasteiger partial charge is 0.476 e. The molecule has 2 heterocycles. The number of halogens is 3. The summed E-state index contributed by atoms with van der Waals surface area (Å²) in [6.07, 6.45) is -2.06. The summed E-state index contributed by atoms with van der Waals surface area (Å²) in [5, 5.41) is 3.29. The number of carbonyl (C=O) groups is 3. The number of Topliss-reactive ketones (excluding diaryl/α,β-unsaturated/α-hetero) is 1. The van der Waals surface area contributed by atoms with Crippen LogP contribution in [-0.4, -0.2) is 65.5 Å². The molecule has 0 unspecified atom stereocenters. The lowest BCUT2D eigenvalue weighted by molar-refractivity contribution is -0.157. The lowest BCUT2D eigenvalue weighted by Gasteiger charge is -2.38. The second-order valence-electron chi connectivity index (χ2n) is 8.19. The summed E-state index contributed by atoms with van der Waals surface area (Å²) < 4.78 is 49.3. The second kappa shape index (κ2) is 12.5. The van der Waals surface area contributed by atoms with Crippen molar-refractivity contribution in [3.8, 4) is 5.88 Å². The normalized spacial score (nSPS) is 14.6. The fourth-order valence-electron chi connectivity index (χ4n) is 3.81. The van der Waals surface area contributed by atoms with E-state index in [1.54, 1.807) is 11.9 Å². The Labute approximate surface area is 207 Å². The molecule has 1 fully saturated rings. The van der Waals surface area contributed by atoms with Crippen LogP contribution in [0.2, 0.25) is 0 Å². The van der Waals surface area contributed by atoms with Crippen LogP contribution in [0.3, 0.4) is 0 Å². The van der Waals surface area contributed by atoms with Gasteiger partial charge >= 0.3 is 12.1 Å². The van der Waals surface area contributed by atoms with Crippen LogP contribution in [0.15, 0.2) is 42.6 Å². The molecule has 0 N–H and O–H groups in total. The molecule has 8 nitrogen and oxygen atoms in total. The van der Waals surface area contributed by atoms with Crippen LogP contribution in [0.1, 0.15) is 47.7 Å². The number of amides is 1. The second-order valence-corrected chi connectivity index (χ2v) is 8.19. The zero-order chi connectivity index (χ0) is 26.1. The van der Waals surface area contributed by atoms with Crippen LogP contribution in [0.4, 0.5) is 13.2 Å². The van der Waals surface area contributed by atoms with Crippen LogP contribution in [0.5, 0.6) is 5.88 Å². The number of alkyl halides is 3. The molecule has 11 heteroatoms. The molecule has 1 amide bonds. The zero-order valence-electron chi connectivity index (χ0n) is 19.9. The van der Waals surface area contributed by atoms with Gasteiger partial charge in [0.05, 0.1) is 24.3 Å². The van der Waals surface area contributed by atoms with E-state index in [4.69, 9.17) is 9.47 Å². The first-order valence-corrected chi connectivity index (χ1v) is 11.7. The number of hydrazine groups is 1. The first-order chi connectivity index (χ1) is 17.2. The van der Waals surface area contributed by atoms with Gasteiger partial charge in [0.1, 0.15) is 12.4 Å². The zero-order valence-corrected chi connectivity index (χ0v) is 19.9. The average molecular weight is 508 g/mol. The van der Waals surface area contributed by atoms with Crippen LogP contribution in [0, 0.1) is 0 Å². The fourth-order valence-corrected chi connectivity index (χ4v) is 3.81. The van der Waals surface area contributed by atoms with Gasteiger partial charge < -0.3 is 9.47 Å². The highest BCUT2D eigenvalue weighted by Gasteiger charge is 2.30. The minimum absolute atomic E-state index is 0.0873. The van der Waals surface area contributed by atoms with Crippen molar-refractivity contribution in [2.45, 2.75) is 38.8 Å². The monoisotopic (exact) mass is 507 g/mol. The number of carbonyl (C=O) groups excluding carboxylic acids is 3. The average Bonchev–Trinajstić information content (AvgIpc) is 2.84. The van der Waals surface area contributed by atoms with Gasteiger partial charge in [0.15, 0.2) is 0 Å². The number of nitrogens with zero attached hydrogens (tertiary/aromatic N) is 3. The Balaban J connectivity index is 1.52. The number of ether oxygens (including phenoxy) is 2. The quantitative estimate of drug-likeness (QED) is 0.429. The van der Waals surface area contributed by atoms with Gasteiger partial charge in [-0.1, -0.05) is 18.2 Å². The summed E-state index contributed by atoms with van der Waals surface area (Å²) in [4.78, 5) is 40.9. The third-order valence-electron chi connectivity index (χ3n) is 5.54. The molecule has 1 aliphatic rings. The Hall–Kier alpha value is -3.47. The topological polar surface area (TPSA) is 89.0 Å². The molecule has 1 aliphatic heterocycles. The van der Waals surface area contributed by atoms with Crippen molar-refractivity contribution in [2.75, 3.05) is 32.8 Å². The molecule has 36 heavy (non-hydrogen) atoms. The molecule has 2 aromatic rings. The summed E-state index contributed by atoms with van der Waals surface area (Å²) in [6, 6.07) is 7.70. The van der Waals surface area contributed by atoms with Crippen molar-refractivity contribution in [3.05, 3.63) is 59.3 Å². The van der Waals surface area contributed by atoms with E-state index in [1.807, 2.05) is 0 Å². The Bertz CT molecular complexity index is 1080. The van der Waals surface area contributed by atoms with Gasteiger partial charge in [0.2, 0.25) is 11.8 Å². The van der Waals surface area contributed by atoms with Crippen molar-refractivity contribution in [3.63, 3.8) is 0 Å². The standard InChI is InChI=1S/C25H28F3N3O5/c1-2-35-24(34)19-8-10-29-22(17-19)36-14-13-31-23(33)7-4-11-30(31)12-9-21(32)16-18-5-3-6-20(15-18)25(26,27)28/h3,5-6,8,10,15,17H,2,4,7,9,11-14,16H2,1H3. The molecule has 0 radical (unpaired) electrons. The molecule has 0 bridgehead atoms. The minimum atomic E-state index is -4.47. The number of ketones is 1. The Kier molecular flexibility index (Phi) is 9.40. The highest BCUT2D eigenvalue weighted by atomic mass is 19.4. The van der Waals surface area contributed by atoms with Gasteiger partial charge in [-0.15, -0.1) is 0 Å². The van der Waals surface area contributed by atoms with Crippen LogP contribution >= 0.6 is 0 Å². The molecular formula is C25H28F3N3O5. The minimum Gasteiger partial charge on any atom is -0.476 e. The van der Waals surface area contributed by atoms with Crippen LogP contribution < -0.4 is 4.74 Å². The maximum Gasteiger partial charge on any atom is 0.416 e. The maximum atomic E-state index is 12.9. The predicted molar refractivity (Wildman–Crippen MR) is 123 cm³/mol. The number of pyridine rings is 1. The lowest BCUT2D eigenvalue weighted by Crippen LogP contribution is -2.52. The Morgan fingerprint density at radius 1 is 1.14 bits per heavy atom. The van der Waals surface area contributed by atoms with Gasteiger partial charge in [-0.2, -0.15) is 13.2 Å². The fraction of sp³-hybridized carbons (Fsp3) is 0.440. The number of hydrogen-bond acceptors (Lipinski definition) is 7. The summed E-state index contributed by atoms with van der Waals surface area (Å²) in [6.45, 7) is 3.11. The summed E-state index contributed by atoms with van der Waals surface area (Å²) >= 11 is 0. The molecule has 0 spiro atoms. The van der Waals surface area contributed by atoms with Crippen molar-refractivity contribution < 1.29 is 37.0 Å². The first-order valence-electron chi connectivity index (χ1n) is 11.7. The summed E-state index contributed by atoms with van der Waals surface area (Å²) in [5.41, 5.74) is -0.188. The van der Waals surface area contributed by atoms with Crippen molar-refractivity contribution in [2.24, 2.45) is 0 Å². The molecular weight excluding hydrogens is 479 g/mol. The summed E-state index contributed by atoms with van der Waals surface area (Å²) in [7, 11) is 0. The molecule has 1 aromatic carbocycles. The molecule has 0 aliphatic carbocycles. The van der Waals surface area contributed by atoms with Gasteiger partial charge in [-0.3, -0.25) is 14.6 Å². The number of rotatable bonds is 11. The third-order valence-corrected chi connectivity index (χ3v) is 5.54. The van der Waals surface area contributed by atoms with E-state index >= 15 is 0 Å². The number of esters is 1. The van der Waals surface area contributed by atoms with Gasteiger partial charge in [0.25, 0.3) is 0 Å². The Morgan fingerprint density at radius 2 is 1.94 bits per heavy atom. The van der Waals surface area contributed by atoms with E-state index in [-0.39, 0.29) is 56.7 Å². The molecule has 0 saturated carbocycles. The smallest absolute Gasteiger partial charge is 0.416 e. The highest BCUT2D eigenvalue weighted by Crippen LogP contribution is 2.29. The van der Waals surface area contributed by atoms with E-state index in [0.717, 1.165) is 12.1 Å². The van der Waals surface area contributed by atoms with Gasteiger partial charge in [-0.05, 0) is 31.0 Å². The van der Waals surface area contributed by atoms with E-state index in [9.17, 15) is 27.6 Å². The van der Waals surface area contributed by atoms with Crippen LogP contribution in [-0.2, 0) is 26.9 Å². The number of hydrogen-bond donors (Lipinski definition) is 0. The van der Waals surface area contributed by atoms with E-state index in [2.05, 4.69) is 4.98 Å². The Morgan fingerprint density at radius 3 is 2.69 bits per heavy atom.